The van der Waals surface area contributed by atoms with E-state index < -0.39 is 4.92 Å². The van der Waals surface area contributed by atoms with E-state index in [2.05, 4.69) is 31.7 Å². The molecule has 1 aliphatic heterocycles. The van der Waals surface area contributed by atoms with Gasteiger partial charge in [-0.15, -0.1) is 0 Å². The van der Waals surface area contributed by atoms with Crippen molar-refractivity contribution in [2.24, 2.45) is 0 Å². The Morgan fingerprint density at radius 3 is 2.50 bits per heavy atom. The maximum Gasteiger partial charge on any atom is 0.269 e. The number of pyridine rings is 1. The third kappa shape index (κ3) is 3.31. The highest BCUT2D eigenvalue weighted by Gasteiger charge is 2.19. The third-order valence-electron chi connectivity index (χ3n) is 5.10. The minimum Gasteiger partial charge on any atom is -0.340 e. The summed E-state index contributed by atoms with van der Waals surface area (Å²) < 4.78 is 0. The Balaban J connectivity index is 1.73. The highest BCUT2D eigenvalue weighted by atomic mass is 16.6. The molecule has 1 aromatic carbocycles. The number of anilines is 1. The normalized spacial score (nSPS) is 15.1. The SMILES string of the molecule is CCN1CCN(c2nc3nccc(-c4ccc([N+](=O)[O-])cc4)c3c(=O)[nH]2)CC1. The summed E-state index contributed by atoms with van der Waals surface area (Å²) in [6, 6.07) is 7.82. The lowest BCUT2D eigenvalue weighted by Crippen LogP contribution is -2.47. The molecule has 0 unspecified atom stereocenters. The van der Waals surface area contributed by atoms with Gasteiger partial charge in [0.25, 0.3) is 11.2 Å². The van der Waals surface area contributed by atoms with Crippen molar-refractivity contribution in [3.8, 4) is 11.1 Å². The van der Waals surface area contributed by atoms with E-state index in [1.165, 1.54) is 12.1 Å². The second kappa shape index (κ2) is 7.35. The zero-order valence-corrected chi connectivity index (χ0v) is 15.5. The van der Waals surface area contributed by atoms with Gasteiger partial charge in [0.15, 0.2) is 5.65 Å². The van der Waals surface area contributed by atoms with Gasteiger partial charge in [-0.25, -0.2) is 4.98 Å². The highest BCUT2D eigenvalue weighted by Crippen LogP contribution is 2.27. The first-order valence-corrected chi connectivity index (χ1v) is 9.18. The third-order valence-corrected chi connectivity index (χ3v) is 5.10. The molecule has 1 fully saturated rings. The summed E-state index contributed by atoms with van der Waals surface area (Å²) in [5, 5.41) is 11.2. The van der Waals surface area contributed by atoms with Crippen LogP contribution in [-0.4, -0.2) is 57.5 Å². The largest absolute Gasteiger partial charge is 0.340 e. The van der Waals surface area contributed by atoms with Crippen LogP contribution >= 0.6 is 0 Å². The molecule has 0 amide bonds. The number of nitrogens with zero attached hydrogens (tertiary/aromatic N) is 5. The van der Waals surface area contributed by atoms with Crippen molar-refractivity contribution in [2.45, 2.75) is 6.92 Å². The van der Waals surface area contributed by atoms with Crippen LogP contribution in [0.1, 0.15) is 6.92 Å². The topological polar surface area (TPSA) is 108 Å². The number of nitro groups is 1. The van der Waals surface area contributed by atoms with Crippen molar-refractivity contribution in [1.29, 1.82) is 0 Å². The summed E-state index contributed by atoms with van der Waals surface area (Å²) in [6.45, 7) is 6.59. The van der Waals surface area contributed by atoms with Crippen molar-refractivity contribution in [3.05, 3.63) is 57.0 Å². The molecule has 0 radical (unpaired) electrons. The first-order chi connectivity index (χ1) is 13.6. The molecule has 0 aliphatic carbocycles. The number of rotatable bonds is 4. The molecule has 9 nitrogen and oxygen atoms in total. The van der Waals surface area contributed by atoms with Crippen LogP contribution in [0, 0.1) is 10.1 Å². The average molecular weight is 380 g/mol. The molecular formula is C19H20N6O3. The van der Waals surface area contributed by atoms with Crippen LogP contribution in [0.4, 0.5) is 11.6 Å². The molecule has 2 aromatic heterocycles. The van der Waals surface area contributed by atoms with Crippen molar-refractivity contribution in [3.63, 3.8) is 0 Å². The Morgan fingerprint density at radius 2 is 1.86 bits per heavy atom. The molecule has 9 heteroatoms. The number of likely N-dealkylation sites (N-methyl/N-ethyl adjacent to an activating group) is 1. The summed E-state index contributed by atoms with van der Waals surface area (Å²) in [5.74, 6) is 0.529. The minimum atomic E-state index is -0.451. The zero-order valence-electron chi connectivity index (χ0n) is 15.5. The average Bonchev–Trinajstić information content (AvgIpc) is 2.73. The van der Waals surface area contributed by atoms with E-state index in [0.29, 0.717) is 28.1 Å². The lowest BCUT2D eigenvalue weighted by Gasteiger charge is -2.34. The van der Waals surface area contributed by atoms with Gasteiger partial charge in [-0.3, -0.25) is 19.9 Å². The van der Waals surface area contributed by atoms with Gasteiger partial charge >= 0.3 is 0 Å². The summed E-state index contributed by atoms with van der Waals surface area (Å²) >= 11 is 0. The van der Waals surface area contributed by atoms with Gasteiger partial charge in [-0.2, -0.15) is 4.98 Å². The van der Waals surface area contributed by atoms with Gasteiger partial charge in [-0.1, -0.05) is 6.92 Å². The fraction of sp³-hybridized carbons (Fsp3) is 0.316. The molecule has 3 heterocycles. The second-order valence-corrected chi connectivity index (χ2v) is 6.67. The summed E-state index contributed by atoms with van der Waals surface area (Å²) in [5.41, 5.74) is 1.46. The number of hydrogen-bond donors (Lipinski definition) is 1. The number of nitro benzene ring substituents is 1. The molecular weight excluding hydrogens is 360 g/mol. The molecule has 1 aliphatic rings. The molecule has 4 rings (SSSR count). The van der Waals surface area contributed by atoms with Crippen molar-refractivity contribution in [1.82, 2.24) is 19.9 Å². The number of H-pyrrole nitrogens is 1. The fourth-order valence-electron chi connectivity index (χ4n) is 3.48. The Morgan fingerprint density at radius 1 is 1.14 bits per heavy atom. The zero-order chi connectivity index (χ0) is 19.7. The van der Waals surface area contributed by atoms with Crippen LogP contribution in [-0.2, 0) is 0 Å². The molecule has 3 aromatic rings. The van der Waals surface area contributed by atoms with Crippen LogP contribution < -0.4 is 10.5 Å². The van der Waals surface area contributed by atoms with Crippen LogP contribution in [0.5, 0.6) is 0 Å². The van der Waals surface area contributed by atoms with Gasteiger partial charge in [-0.05, 0) is 35.9 Å². The van der Waals surface area contributed by atoms with Gasteiger partial charge in [0.05, 0.1) is 10.3 Å². The molecule has 0 atom stereocenters. The molecule has 144 valence electrons. The standard InChI is InChI=1S/C19H20N6O3/c1-2-23-9-11-24(12-10-23)19-21-17-16(18(26)22-19)15(7-8-20-17)13-3-5-14(6-4-13)25(27)28/h3-8H,2,9-12H2,1H3,(H,20,21,22,26). The van der Waals surface area contributed by atoms with Crippen LogP contribution in [0.25, 0.3) is 22.2 Å². The Bertz CT molecular complexity index is 1070. The van der Waals surface area contributed by atoms with Crippen LogP contribution in [0.15, 0.2) is 41.3 Å². The molecule has 28 heavy (non-hydrogen) atoms. The number of piperazine rings is 1. The summed E-state index contributed by atoms with van der Waals surface area (Å²) in [4.78, 5) is 39.4. The fourth-order valence-corrected chi connectivity index (χ4v) is 3.48. The van der Waals surface area contributed by atoms with Crippen molar-refractivity contribution in [2.75, 3.05) is 37.6 Å². The summed E-state index contributed by atoms with van der Waals surface area (Å²) in [6.07, 6.45) is 1.60. The number of hydrogen-bond acceptors (Lipinski definition) is 7. The van der Waals surface area contributed by atoms with Gasteiger partial charge in [0.2, 0.25) is 5.95 Å². The van der Waals surface area contributed by atoms with Gasteiger partial charge < -0.3 is 9.80 Å². The maximum absolute atomic E-state index is 12.9. The quantitative estimate of drug-likeness (QED) is 0.545. The van der Waals surface area contributed by atoms with Gasteiger partial charge in [0, 0.05) is 44.5 Å². The van der Waals surface area contributed by atoms with Crippen molar-refractivity contribution >= 4 is 22.7 Å². The predicted octanol–water partition coefficient (Wildman–Crippen LogP) is 2.04. The van der Waals surface area contributed by atoms with E-state index in [0.717, 1.165) is 32.7 Å². The Kier molecular flexibility index (Phi) is 4.74. The van der Waals surface area contributed by atoms with Gasteiger partial charge in [0.1, 0.15) is 0 Å². The first kappa shape index (κ1) is 18.1. The van der Waals surface area contributed by atoms with Crippen LogP contribution in [0.3, 0.4) is 0 Å². The van der Waals surface area contributed by atoms with E-state index in [-0.39, 0.29) is 11.2 Å². The van der Waals surface area contributed by atoms with E-state index in [9.17, 15) is 14.9 Å². The number of aromatic amines is 1. The monoisotopic (exact) mass is 380 g/mol. The number of nitrogens with one attached hydrogen (secondary N) is 1. The smallest absolute Gasteiger partial charge is 0.269 e. The lowest BCUT2D eigenvalue weighted by atomic mass is 10.0. The Hall–Kier alpha value is -3.33. The molecule has 1 saturated heterocycles. The van der Waals surface area contributed by atoms with E-state index in [4.69, 9.17) is 0 Å². The second-order valence-electron chi connectivity index (χ2n) is 6.67. The van der Waals surface area contributed by atoms with E-state index in [1.807, 2.05) is 0 Å². The lowest BCUT2D eigenvalue weighted by molar-refractivity contribution is -0.384. The van der Waals surface area contributed by atoms with Crippen LogP contribution in [0.2, 0.25) is 0 Å². The molecule has 0 spiro atoms. The first-order valence-electron chi connectivity index (χ1n) is 9.18. The Labute approximate surface area is 160 Å². The highest BCUT2D eigenvalue weighted by molar-refractivity contribution is 5.92. The van der Waals surface area contributed by atoms with E-state index in [1.54, 1.807) is 24.4 Å². The van der Waals surface area contributed by atoms with E-state index >= 15 is 0 Å². The maximum atomic E-state index is 12.9. The number of fused-ring (bicyclic) bond motifs is 1. The molecule has 0 bridgehead atoms. The molecule has 1 N–H and O–H groups in total. The van der Waals surface area contributed by atoms with Crippen molar-refractivity contribution < 1.29 is 4.92 Å². The number of benzene rings is 1. The molecule has 0 saturated carbocycles. The summed E-state index contributed by atoms with van der Waals surface area (Å²) in [7, 11) is 0. The minimum absolute atomic E-state index is 0.00246. The predicted molar refractivity (Wildman–Crippen MR) is 107 cm³/mol. The number of non-ortho nitro benzene ring substituents is 1. The number of aromatic nitrogens is 3.